The van der Waals surface area contributed by atoms with Crippen LogP contribution < -0.4 is 0 Å². The number of hydrogen-bond acceptors (Lipinski definition) is 4. The molecule has 1 aliphatic heterocycles. The Hall–Kier alpha value is -1.16. The standard InChI is InChI=1S/C22H32O4/c1-13(23)25-11-14-10-16(24)20-15(19(14)17-12-26-17)6-7-18-21(2,3)8-5-9-22(18,20)4/h10,15,17-20H,5-9,11-12H2,1-4H3. The van der Waals surface area contributed by atoms with Crippen molar-refractivity contribution < 1.29 is 19.1 Å². The largest absolute Gasteiger partial charge is 0.461 e. The van der Waals surface area contributed by atoms with Crippen molar-refractivity contribution in [3.05, 3.63) is 11.6 Å². The maximum atomic E-state index is 13.3. The molecule has 0 bridgehead atoms. The lowest BCUT2D eigenvalue weighted by molar-refractivity contribution is -0.149. The molecule has 0 aromatic carbocycles. The fraction of sp³-hybridized carbons (Fsp3) is 0.818. The summed E-state index contributed by atoms with van der Waals surface area (Å²) < 4.78 is 11.0. The lowest BCUT2D eigenvalue weighted by Gasteiger charge is -2.60. The number of rotatable bonds is 3. The molecule has 6 unspecified atom stereocenters. The maximum Gasteiger partial charge on any atom is 0.302 e. The van der Waals surface area contributed by atoms with Crippen molar-refractivity contribution in [3.63, 3.8) is 0 Å². The van der Waals surface area contributed by atoms with Crippen molar-refractivity contribution >= 4 is 11.8 Å². The summed E-state index contributed by atoms with van der Waals surface area (Å²) in [5, 5.41) is 0. The second-order valence-electron chi connectivity index (χ2n) is 9.92. The van der Waals surface area contributed by atoms with E-state index in [0.717, 1.165) is 25.0 Å². The van der Waals surface area contributed by atoms with Gasteiger partial charge in [0.1, 0.15) is 6.61 Å². The Balaban J connectivity index is 1.69. The van der Waals surface area contributed by atoms with Gasteiger partial charge in [-0.05, 0) is 60.0 Å². The van der Waals surface area contributed by atoms with Crippen LogP contribution in [-0.2, 0) is 19.1 Å². The molecule has 2 saturated carbocycles. The van der Waals surface area contributed by atoms with Crippen LogP contribution in [0, 0.1) is 34.5 Å². The summed E-state index contributed by atoms with van der Waals surface area (Å²) in [5.41, 5.74) is 1.37. The summed E-state index contributed by atoms with van der Waals surface area (Å²) in [5.74, 6) is 1.24. The Morgan fingerprint density at radius 2 is 2.00 bits per heavy atom. The highest BCUT2D eigenvalue weighted by molar-refractivity contribution is 5.94. The molecule has 144 valence electrons. The molecule has 0 amide bonds. The van der Waals surface area contributed by atoms with Gasteiger partial charge in [0.15, 0.2) is 5.78 Å². The average molecular weight is 360 g/mol. The normalized spacial score (nSPS) is 43.8. The molecule has 0 aromatic rings. The highest BCUT2D eigenvalue weighted by Gasteiger charge is 2.60. The number of epoxide rings is 1. The van der Waals surface area contributed by atoms with Gasteiger partial charge in [-0.25, -0.2) is 0 Å². The quantitative estimate of drug-likeness (QED) is 0.565. The van der Waals surface area contributed by atoms with Crippen LogP contribution >= 0.6 is 0 Å². The number of esters is 1. The van der Waals surface area contributed by atoms with Crippen molar-refractivity contribution in [2.75, 3.05) is 13.2 Å². The number of fused-ring (bicyclic) bond motifs is 3. The van der Waals surface area contributed by atoms with Gasteiger partial charge in [-0.15, -0.1) is 0 Å². The minimum absolute atomic E-state index is 0.0817. The van der Waals surface area contributed by atoms with Crippen molar-refractivity contribution in [2.24, 2.45) is 34.5 Å². The van der Waals surface area contributed by atoms with E-state index in [-0.39, 0.29) is 41.7 Å². The monoisotopic (exact) mass is 360 g/mol. The first-order chi connectivity index (χ1) is 12.2. The molecular weight excluding hydrogens is 328 g/mol. The fourth-order valence-corrected chi connectivity index (χ4v) is 6.94. The van der Waals surface area contributed by atoms with Gasteiger partial charge in [-0.2, -0.15) is 0 Å². The first-order valence-corrected chi connectivity index (χ1v) is 10.2. The summed E-state index contributed by atoms with van der Waals surface area (Å²) in [4.78, 5) is 24.6. The SMILES string of the molecule is CC(=O)OCC1=CC(=O)C2C(CCC3C(C)(C)CCCC23C)C1C1CO1. The molecule has 1 heterocycles. The minimum Gasteiger partial charge on any atom is -0.461 e. The van der Waals surface area contributed by atoms with Crippen molar-refractivity contribution in [2.45, 2.75) is 65.9 Å². The van der Waals surface area contributed by atoms with Crippen LogP contribution in [0.4, 0.5) is 0 Å². The Bertz CT molecular complexity index is 645. The second-order valence-corrected chi connectivity index (χ2v) is 9.92. The number of carbonyl (C=O) groups is 2. The van der Waals surface area contributed by atoms with Gasteiger partial charge in [0.05, 0.1) is 12.7 Å². The Kier molecular flexibility index (Phi) is 4.33. The zero-order valence-electron chi connectivity index (χ0n) is 16.5. The lowest BCUT2D eigenvalue weighted by atomic mass is 9.43. The number of ketones is 1. The van der Waals surface area contributed by atoms with E-state index in [9.17, 15) is 9.59 Å². The predicted octanol–water partition coefficient (Wildman–Crippen LogP) is 3.93. The molecule has 0 spiro atoms. The van der Waals surface area contributed by atoms with Gasteiger partial charge in [0, 0.05) is 18.8 Å². The van der Waals surface area contributed by atoms with Crippen molar-refractivity contribution in [3.8, 4) is 0 Å². The molecular formula is C22H32O4. The summed E-state index contributed by atoms with van der Waals surface area (Å²) >= 11 is 0. The first kappa shape index (κ1) is 18.2. The van der Waals surface area contributed by atoms with Gasteiger partial charge in [0.25, 0.3) is 0 Å². The van der Waals surface area contributed by atoms with Crippen LogP contribution in [0.15, 0.2) is 11.6 Å². The van der Waals surface area contributed by atoms with E-state index in [1.807, 2.05) is 6.08 Å². The molecule has 1 saturated heterocycles. The zero-order chi connectivity index (χ0) is 18.7. The second kappa shape index (κ2) is 6.19. The lowest BCUT2D eigenvalue weighted by Crippen LogP contribution is -2.57. The fourth-order valence-electron chi connectivity index (χ4n) is 6.94. The smallest absolute Gasteiger partial charge is 0.302 e. The van der Waals surface area contributed by atoms with Gasteiger partial charge in [-0.1, -0.05) is 27.2 Å². The highest BCUT2D eigenvalue weighted by Crippen LogP contribution is 2.64. The Morgan fingerprint density at radius 1 is 1.27 bits per heavy atom. The molecule has 3 fully saturated rings. The summed E-state index contributed by atoms with van der Waals surface area (Å²) in [6.45, 7) is 9.60. The number of hydrogen-bond donors (Lipinski definition) is 0. The van der Waals surface area contributed by atoms with E-state index in [0.29, 0.717) is 17.3 Å². The van der Waals surface area contributed by atoms with Crippen molar-refractivity contribution in [1.29, 1.82) is 0 Å². The third-order valence-electron chi connectivity index (χ3n) is 7.93. The molecule has 4 rings (SSSR count). The van der Waals surface area contributed by atoms with Crippen LogP contribution in [0.3, 0.4) is 0 Å². The Labute approximate surface area is 156 Å². The van der Waals surface area contributed by atoms with Crippen LogP contribution in [0.2, 0.25) is 0 Å². The molecule has 0 radical (unpaired) electrons. The summed E-state index contributed by atoms with van der Waals surface area (Å²) in [7, 11) is 0. The zero-order valence-corrected chi connectivity index (χ0v) is 16.5. The van der Waals surface area contributed by atoms with Crippen LogP contribution in [0.5, 0.6) is 0 Å². The van der Waals surface area contributed by atoms with E-state index in [1.165, 1.54) is 26.2 Å². The molecule has 6 atom stereocenters. The van der Waals surface area contributed by atoms with E-state index in [1.54, 1.807) is 0 Å². The minimum atomic E-state index is -0.291. The van der Waals surface area contributed by atoms with Crippen LogP contribution in [-0.4, -0.2) is 31.1 Å². The van der Waals surface area contributed by atoms with Gasteiger partial charge >= 0.3 is 5.97 Å². The van der Waals surface area contributed by atoms with E-state index >= 15 is 0 Å². The topological polar surface area (TPSA) is 55.9 Å². The summed E-state index contributed by atoms with van der Waals surface area (Å²) in [6, 6.07) is 0. The molecule has 0 aromatic heterocycles. The number of ether oxygens (including phenoxy) is 2. The van der Waals surface area contributed by atoms with Gasteiger partial charge in [-0.3, -0.25) is 9.59 Å². The molecule has 3 aliphatic carbocycles. The summed E-state index contributed by atoms with van der Waals surface area (Å²) in [6.07, 6.45) is 7.93. The third-order valence-corrected chi connectivity index (χ3v) is 7.93. The molecule has 4 nitrogen and oxygen atoms in total. The molecule has 0 N–H and O–H groups in total. The van der Waals surface area contributed by atoms with E-state index in [2.05, 4.69) is 20.8 Å². The van der Waals surface area contributed by atoms with Crippen molar-refractivity contribution in [1.82, 2.24) is 0 Å². The number of allylic oxidation sites excluding steroid dienone is 1. The predicted molar refractivity (Wildman–Crippen MR) is 98.4 cm³/mol. The third kappa shape index (κ3) is 2.85. The highest BCUT2D eigenvalue weighted by atomic mass is 16.6. The molecule has 4 aliphatic rings. The first-order valence-electron chi connectivity index (χ1n) is 10.2. The van der Waals surface area contributed by atoms with E-state index in [4.69, 9.17) is 9.47 Å². The Morgan fingerprint density at radius 3 is 2.65 bits per heavy atom. The van der Waals surface area contributed by atoms with Gasteiger partial charge in [0.2, 0.25) is 0 Å². The molecule has 4 heteroatoms. The van der Waals surface area contributed by atoms with E-state index < -0.39 is 0 Å². The maximum absolute atomic E-state index is 13.3. The molecule has 26 heavy (non-hydrogen) atoms. The van der Waals surface area contributed by atoms with Gasteiger partial charge < -0.3 is 9.47 Å². The average Bonchev–Trinajstić information content (AvgIpc) is 3.36. The van der Waals surface area contributed by atoms with Crippen LogP contribution in [0.1, 0.15) is 59.8 Å². The number of carbonyl (C=O) groups excluding carboxylic acids is 2. The van der Waals surface area contributed by atoms with Crippen LogP contribution in [0.25, 0.3) is 0 Å².